The molecule has 0 bridgehead atoms. The molecule has 1 fully saturated rings. The summed E-state index contributed by atoms with van der Waals surface area (Å²) >= 11 is 0. The van der Waals surface area contributed by atoms with E-state index in [1.807, 2.05) is 31.2 Å². The molecule has 1 aromatic heterocycles. The van der Waals surface area contributed by atoms with Gasteiger partial charge in [-0.1, -0.05) is 74.5 Å². The third kappa shape index (κ3) is 5.26. The third-order valence-corrected chi connectivity index (χ3v) is 7.29. The van der Waals surface area contributed by atoms with Gasteiger partial charge in [0.15, 0.2) is 0 Å². The van der Waals surface area contributed by atoms with Crippen LogP contribution in [-0.4, -0.2) is 34.1 Å². The number of nitrogens with one attached hydrogen (secondary N) is 2. The molecule has 5 nitrogen and oxygen atoms in total. The van der Waals surface area contributed by atoms with E-state index in [2.05, 4.69) is 88.9 Å². The highest BCUT2D eigenvalue weighted by Crippen LogP contribution is 2.48. The highest BCUT2D eigenvalue weighted by Gasteiger charge is 2.44. The first-order chi connectivity index (χ1) is 17.6. The summed E-state index contributed by atoms with van der Waals surface area (Å²) in [6, 6.07) is 23.0. The molecule has 2 N–H and O–H groups in total. The molecular weight excluding hydrogens is 444 g/mol. The molecule has 3 aromatic carbocycles. The van der Waals surface area contributed by atoms with Gasteiger partial charge in [-0.25, -0.2) is 0 Å². The predicted molar refractivity (Wildman–Crippen MR) is 149 cm³/mol. The molecular formula is C31H34N4O. The summed E-state index contributed by atoms with van der Waals surface area (Å²) in [5.74, 6) is 0.385. The minimum atomic E-state index is 0.0223. The van der Waals surface area contributed by atoms with Gasteiger partial charge in [0.25, 0.3) is 0 Å². The van der Waals surface area contributed by atoms with Crippen LogP contribution >= 0.6 is 0 Å². The maximum absolute atomic E-state index is 12.8. The number of carbonyl (C=O) groups is 1. The van der Waals surface area contributed by atoms with Gasteiger partial charge in [-0.2, -0.15) is 5.10 Å². The quantitative estimate of drug-likeness (QED) is 0.284. The Kier molecular flexibility index (Phi) is 7.01. The lowest BCUT2D eigenvalue weighted by Gasteiger charge is -2.17. The zero-order valence-corrected chi connectivity index (χ0v) is 21.3. The Labute approximate surface area is 213 Å². The smallest absolute Gasteiger partial charge is 0.228 e. The Morgan fingerprint density at radius 3 is 2.58 bits per heavy atom. The van der Waals surface area contributed by atoms with Gasteiger partial charge >= 0.3 is 0 Å². The van der Waals surface area contributed by atoms with Gasteiger partial charge in [0.2, 0.25) is 5.91 Å². The standard InChI is InChI=1S/C31H34N4O/c1-4-35(5-2)20-23-12-10-22(11-13-23)14-17-29-25-16-15-24(18-30(25)34-33-29)26-19-27(26)31(36)32-28-9-7-6-8-21(28)3/h6-18,26-27H,4-5,19-20H2,1-3H3,(H,32,36)(H,33,34)/b17-14+/t26-,27+/m0/s1. The van der Waals surface area contributed by atoms with E-state index in [1.165, 1.54) is 11.1 Å². The fourth-order valence-electron chi connectivity index (χ4n) is 4.82. The predicted octanol–water partition coefficient (Wildman–Crippen LogP) is 6.63. The molecule has 1 amide bonds. The second kappa shape index (κ2) is 10.5. The summed E-state index contributed by atoms with van der Waals surface area (Å²) in [4.78, 5) is 15.2. The Hall–Kier alpha value is -3.70. The summed E-state index contributed by atoms with van der Waals surface area (Å²) in [6.07, 6.45) is 5.05. The van der Waals surface area contributed by atoms with Gasteiger partial charge in [0, 0.05) is 23.5 Å². The Morgan fingerprint density at radius 2 is 1.83 bits per heavy atom. The van der Waals surface area contributed by atoms with Gasteiger partial charge in [-0.05, 0) is 72.8 Å². The van der Waals surface area contributed by atoms with E-state index >= 15 is 0 Å². The number of para-hydroxylation sites is 1. The fraction of sp³-hybridized carbons (Fsp3) is 0.290. The van der Waals surface area contributed by atoms with Crippen molar-refractivity contribution in [2.24, 2.45) is 5.92 Å². The summed E-state index contributed by atoms with van der Waals surface area (Å²) in [7, 11) is 0. The van der Waals surface area contributed by atoms with Crippen molar-refractivity contribution < 1.29 is 4.79 Å². The normalized spacial score (nSPS) is 17.2. The first kappa shape index (κ1) is 24.0. The maximum Gasteiger partial charge on any atom is 0.228 e. The maximum atomic E-state index is 12.8. The summed E-state index contributed by atoms with van der Waals surface area (Å²) in [5.41, 5.74) is 7.59. The molecule has 184 valence electrons. The van der Waals surface area contributed by atoms with Crippen molar-refractivity contribution in [3.8, 4) is 0 Å². The van der Waals surface area contributed by atoms with Crippen molar-refractivity contribution in [2.45, 2.75) is 39.7 Å². The zero-order chi connectivity index (χ0) is 25.1. The number of amides is 1. The lowest BCUT2D eigenvalue weighted by Crippen LogP contribution is -2.21. The first-order valence-electron chi connectivity index (χ1n) is 12.9. The number of fused-ring (bicyclic) bond motifs is 1. The van der Waals surface area contributed by atoms with Crippen LogP contribution in [0.4, 0.5) is 5.69 Å². The molecule has 0 spiro atoms. The number of aryl methyl sites for hydroxylation is 1. The van der Waals surface area contributed by atoms with Gasteiger partial charge in [-0.3, -0.25) is 14.8 Å². The molecule has 36 heavy (non-hydrogen) atoms. The molecule has 1 heterocycles. The zero-order valence-electron chi connectivity index (χ0n) is 21.3. The molecule has 5 rings (SSSR count). The van der Waals surface area contributed by atoms with E-state index in [-0.39, 0.29) is 17.7 Å². The van der Waals surface area contributed by atoms with E-state index in [4.69, 9.17) is 0 Å². The largest absolute Gasteiger partial charge is 0.326 e. The molecule has 0 saturated heterocycles. The molecule has 1 aliphatic carbocycles. The van der Waals surface area contributed by atoms with Gasteiger partial charge in [-0.15, -0.1) is 0 Å². The van der Waals surface area contributed by atoms with Crippen molar-refractivity contribution in [3.63, 3.8) is 0 Å². The summed E-state index contributed by atoms with van der Waals surface area (Å²) in [6.45, 7) is 9.52. The number of H-pyrrole nitrogens is 1. The summed E-state index contributed by atoms with van der Waals surface area (Å²) in [5, 5.41) is 11.9. The van der Waals surface area contributed by atoms with Crippen molar-refractivity contribution >= 4 is 34.6 Å². The van der Waals surface area contributed by atoms with Crippen LogP contribution in [0.3, 0.4) is 0 Å². The van der Waals surface area contributed by atoms with Gasteiger partial charge in [0.05, 0.1) is 11.2 Å². The summed E-state index contributed by atoms with van der Waals surface area (Å²) < 4.78 is 0. The Morgan fingerprint density at radius 1 is 1.06 bits per heavy atom. The monoisotopic (exact) mass is 478 g/mol. The molecule has 0 aliphatic heterocycles. The second-order valence-electron chi connectivity index (χ2n) is 9.70. The average molecular weight is 479 g/mol. The van der Waals surface area contributed by atoms with Crippen LogP contribution in [0, 0.1) is 12.8 Å². The number of aromatic nitrogens is 2. The first-order valence-corrected chi connectivity index (χ1v) is 12.9. The van der Waals surface area contributed by atoms with Gasteiger partial charge in [0.1, 0.15) is 0 Å². The molecule has 1 aliphatic rings. The van der Waals surface area contributed by atoms with Crippen LogP contribution < -0.4 is 5.32 Å². The highest BCUT2D eigenvalue weighted by atomic mass is 16.2. The minimum Gasteiger partial charge on any atom is -0.326 e. The number of hydrogen-bond donors (Lipinski definition) is 2. The third-order valence-electron chi connectivity index (χ3n) is 7.29. The Bertz CT molecular complexity index is 1380. The molecule has 0 radical (unpaired) electrons. The molecule has 2 atom stereocenters. The van der Waals surface area contributed by atoms with Crippen LogP contribution in [0.2, 0.25) is 0 Å². The number of rotatable bonds is 9. The average Bonchev–Trinajstić information content (AvgIpc) is 3.61. The van der Waals surface area contributed by atoms with Crippen molar-refractivity contribution in [3.05, 3.63) is 94.7 Å². The number of hydrogen-bond acceptors (Lipinski definition) is 3. The van der Waals surface area contributed by atoms with Crippen LogP contribution in [0.15, 0.2) is 66.7 Å². The van der Waals surface area contributed by atoms with Crippen molar-refractivity contribution in [1.29, 1.82) is 0 Å². The van der Waals surface area contributed by atoms with E-state index in [0.29, 0.717) is 0 Å². The van der Waals surface area contributed by atoms with E-state index in [0.717, 1.165) is 59.5 Å². The van der Waals surface area contributed by atoms with Crippen LogP contribution in [0.25, 0.3) is 23.1 Å². The number of benzene rings is 3. The second-order valence-corrected chi connectivity index (χ2v) is 9.70. The van der Waals surface area contributed by atoms with E-state index in [9.17, 15) is 4.79 Å². The van der Waals surface area contributed by atoms with Crippen LogP contribution in [0.1, 0.15) is 54.1 Å². The lowest BCUT2D eigenvalue weighted by atomic mass is 10.1. The highest BCUT2D eigenvalue weighted by molar-refractivity contribution is 5.96. The SMILES string of the molecule is CCN(CC)Cc1ccc(/C=C/c2n[nH]c3cc([C@@H]4C[C@H]4C(=O)Nc4ccccc4C)ccc23)cc1. The van der Waals surface area contributed by atoms with E-state index < -0.39 is 0 Å². The Balaban J connectivity index is 1.23. The number of carbonyl (C=O) groups excluding carboxylic acids is 1. The number of anilines is 1. The van der Waals surface area contributed by atoms with Crippen molar-refractivity contribution in [1.82, 2.24) is 15.1 Å². The molecule has 1 saturated carbocycles. The number of nitrogens with zero attached hydrogens (tertiary/aromatic N) is 2. The van der Waals surface area contributed by atoms with E-state index in [1.54, 1.807) is 0 Å². The fourth-order valence-corrected chi connectivity index (χ4v) is 4.82. The lowest BCUT2D eigenvalue weighted by molar-refractivity contribution is -0.117. The molecule has 5 heteroatoms. The van der Waals surface area contributed by atoms with Gasteiger partial charge < -0.3 is 5.32 Å². The van der Waals surface area contributed by atoms with Crippen LogP contribution in [0.5, 0.6) is 0 Å². The molecule has 0 unspecified atom stereocenters. The van der Waals surface area contributed by atoms with Crippen molar-refractivity contribution in [2.75, 3.05) is 18.4 Å². The minimum absolute atomic E-state index is 0.0223. The molecule has 4 aromatic rings. The topological polar surface area (TPSA) is 61.0 Å². The van der Waals surface area contributed by atoms with Crippen LogP contribution in [-0.2, 0) is 11.3 Å². The number of aromatic amines is 1.